The van der Waals surface area contributed by atoms with E-state index in [1.807, 2.05) is 0 Å². The number of carbonyl (C=O) groups is 1. The quantitative estimate of drug-likeness (QED) is 0.771. The maximum absolute atomic E-state index is 11.9. The number of carbonyl (C=O) groups excluding carboxylic acids is 1. The number of rotatable bonds is 5. The lowest BCUT2D eigenvalue weighted by Gasteiger charge is -2.23. The Kier molecular flexibility index (Phi) is 5.01. The molecule has 2 rings (SSSR count). The first-order valence-corrected chi connectivity index (χ1v) is 7.47. The number of likely N-dealkylation sites (tertiary alicyclic amines) is 1. The van der Waals surface area contributed by atoms with Crippen molar-refractivity contribution >= 4 is 5.91 Å². The van der Waals surface area contributed by atoms with Crippen LogP contribution in [0, 0.1) is 5.92 Å². The van der Waals surface area contributed by atoms with Crippen molar-refractivity contribution in [3.63, 3.8) is 0 Å². The highest BCUT2D eigenvalue weighted by Crippen LogP contribution is 2.26. The van der Waals surface area contributed by atoms with Gasteiger partial charge in [0.15, 0.2) is 0 Å². The van der Waals surface area contributed by atoms with Crippen LogP contribution in [0.1, 0.15) is 45.4 Å². The van der Waals surface area contributed by atoms with E-state index in [1.54, 1.807) is 0 Å². The minimum atomic E-state index is 0.195. The third-order valence-electron chi connectivity index (χ3n) is 4.61. The second kappa shape index (κ2) is 6.53. The van der Waals surface area contributed by atoms with Crippen LogP contribution >= 0.6 is 0 Å². The lowest BCUT2D eigenvalue weighted by atomic mass is 10.00. The molecular weight excluding hydrogens is 226 g/mol. The van der Waals surface area contributed by atoms with Crippen LogP contribution in [0.3, 0.4) is 0 Å². The average molecular weight is 253 g/mol. The number of hydrogen-bond acceptors (Lipinski definition) is 3. The van der Waals surface area contributed by atoms with Crippen molar-refractivity contribution in [2.75, 3.05) is 19.6 Å². The Bertz CT molecular complexity index is 282. The fraction of sp³-hybridized carbons (Fsp3) is 0.929. The monoisotopic (exact) mass is 253 g/mol. The summed E-state index contributed by atoms with van der Waals surface area (Å²) in [6, 6.07) is 0.797. The number of nitrogens with one attached hydrogen (secondary N) is 1. The molecule has 4 nitrogen and oxygen atoms in total. The van der Waals surface area contributed by atoms with E-state index in [9.17, 15) is 4.79 Å². The van der Waals surface area contributed by atoms with Gasteiger partial charge in [-0.05, 0) is 44.7 Å². The SMILES string of the molecule is CCN1CCCC1CNC(=O)C[C@@H]1CCC[C@H]1N. The van der Waals surface area contributed by atoms with Crippen LogP contribution in [-0.4, -0.2) is 42.5 Å². The molecule has 1 heterocycles. The third-order valence-corrected chi connectivity index (χ3v) is 4.61. The van der Waals surface area contributed by atoms with Gasteiger partial charge in [-0.25, -0.2) is 0 Å². The van der Waals surface area contributed by atoms with Gasteiger partial charge in [0.2, 0.25) is 5.91 Å². The summed E-state index contributed by atoms with van der Waals surface area (Å²) in [5.41, 5.74) is 6.00. The molecule has 3 atom stereocenters. The van der Waals surface area contributed by atoms with Crippen molar-refractivity contribution < 1.29 is 4.79 Å². The summed E-state index contributed by atoms with van der Waals surface area (Å²) < 4.78 is 0. The minimum absolute atomic E-state index is 0.195. The van der Waals surface area contributed by atoms with Gasteiger partial charge < -0.3 is 11.1 Å². The van der Waals surface area contributed by atoms with Crippen molar-refractivity contribution in [3.05, 3.63) is 0 Å². The standard InChI is InChI=1S/C14H27N3O/c1-2-17-8-4-6-12(17)10-16-14(18)9-11-5-3-7-13(11)15/h11-13H,2-10,15H2,1H3,(H,16,18)/t11-,12?,13+/m0/s1. The summed E-state index contributed by atoms with van der Waals surface area (Å²) in [5, 5.41) is 3.10. The number of hydrogen-bond donors (Lipinski definition) is 2. The molecule has 4 heteroatoms. The largest absolute Gasteiger partial charge is 0.355 e. The van der Waals surface area contributed by atoms with Crippen LogP contribution in [0.15, 0.2) is 0 Å². The Morgan fingerprint density at radius 3 is 2.83 bits per heavy atom. The summed E-state index contributed by atoms with van der Waals surface area (Å²) in [4.78, 5) is 14.4. The van der Waals surface area contributed by atoms with Crippen molar-refractivity contribution in [2.45, 2.75) is 57.5 Å². The summed E-state index contributed by atoms with van der Waals surface area (Å²) in [5.74, 6) is 0.608. The molecule has 1 unspecified atom stereocenters. The minimum Gasteiger partial charge on any atom is -0.355 e. The summed E-state index contributed by atoms with van der Waals surface area (Å²) in [6.07, 6.45) is 6.51. The summed E-state index contributed by atoms with van der Waals surface area (Å²) in [6.45, 7) is 5.28. The highest BCUT2D eigenvalue weighted by molar-refractivity contribution is 5.76. The van der Waals surface area contributed by atoms with E-state index in [-0.39, 0.29) is 11.9 Å². The zero-order valence-electron chi connectivity index (χ0n) is 11.5. The van der Waals surface area contributed by atoms with Gasteiger partial charge in [-0.1, -0.05) is 13.3 Å². The first-order chi connectivity index (χ1) is 8.70. The molecule has 1 aliphatic carbocycles. The fourth-order valence-corrected chi connectivity index (χ4v) is 3.40. The molecule has 18 heavy (non-hydrogen) atoms. The third kappa shape index (κ3) is 3.45. The maximum atomic E-state index is 11.9. The summed E-state index contributed by atoms with van der Waals surface area (Å²) in [7, 11) is 0. The average Bonchev–Trinajstić information content (AvgIpc) is 2.96. The smallest absolute Gasteiger partial charge is 0.220 e. The Balaban J connectivity index is 1.68. The Morgan fingerprint density at radius 2 is 2.17 bits per heavy atom. The first kappa shape index (κ1) is 13.8. The van der Waals surface area contributed by atoms with Crippen LogP contribution in [0.4, 0.5) is 0 Å². The molecule has 104 valence electrons. The molecule has 0 radical (unpaired) electrons. The molecule has 0 bridgehead atoms. The van der Waals surface area contributed by atoms with Crippen molar-refractivity contribution in [1.29, 1.82) is 0 Å². The second-order valence-electron chi connectivity index (χ2n) is 5.79. The highest BCUT2D eigenvalue weighted by atomic mass is 16.1. The normalized spacial score (nSPS) is 32.9. The predicted octanol–water partition coefficient (Wildman–Crippen LogP) is 1.10. The van der Waals surface area contributed by atoms with Gasteiger partial charge in [0, 0.05) is 25.0 Å². The molecule has 3 N–H and O–H groups in total. The van der Waals surface area contributed by atoms with E-state index in [0.717, 1.165) is 25.9 Å². The van der Waals surface area contributed by atoms with E-state index < -0.39 is 0 Å². The molecule has 1 saturated carbocycles. The van der Waals surface area contributed by atoms with Gasteiger partial charge in [-0.15, -0.1) is 0 Å². The molecule has 0 aromatic carbocycles. The number of nitrogens with two attached hydrogens (primary N) is 1. The fourth-order valence-electron chi connectivity index (χ4n) is 3.40. The molecule has 0 aromatic rings. The number of amides is 1. The first-order valence-electron chi connectivity index (χ1n) is 7.47. The topological polar surface area (TPSA) is 58.4 Å². The van der Waals surface area contributed by atoms with E-state index in [0.29, 0.717) is 18.4 Å². The summed E-state index contributed by atoms with van der Waals surface area (Å²) >= 11 is 0. The Hall–Kier alpha value is -0.610. The van der Waals surface area contributed by atoms with E-state index in [2.05, 4.69) is 17.1 Å². The van der Waals surface area contributed by atoms with Crippen molar-refractivity contribution in [3.8, 4) is 0 Å². The van der Waals surface area contributed by atoms with Gasteiger partial charge >= 0.3 is 0 Å². The molecule has 0 aromatic heterocycles. The Morgan fingerprint density at radius 1 is 1.33 bits per heavy atom. The number of nitrogens with zero attached hydrogens (tertiary/aromatic N) is 1. The van der Waals surface area contributed by atoms with E-state index in [1.165, 1.54) is 25.8 Å². The number of likely N-dealkylation sites (N-methyl/N-ethyl adjacent to an activating group) is 1. The van der Waals surface area contributed by atoms with Gasteiger partial charge in [0.1, 0.15) is 0 Å². The van der Waals surface area contributed by atoms with Gasteiger partial charge in [-0.3, -0.25) is 9.69 Å². The van der Waals surface area contributed by atoms with E-state index >= 15 is 0 Å². The lowest BCUT2D eigenvalue weighted by molar-refractivity contribution is -0.122. The zero-order valence-corrected chi connectivity index (χ0v) is 11.5. The molecule has 2 fully saturated rings. The molecule has 1 saturated heterocycles. The van der Waals surface area contributed by atoms with Crippen molar-refractivity contribution in [2.24, 2.45) is 11.7 Å². The van der Waals surface area contributed by atoms with Crippen LogP contribution in [0.25, 0.3) is 0 Å². The highest BCUT2D eigenvalue weighted by Gasteiger charge is 2.27. The Labute approximate surface area is 110 Å². The predicted molar refractivity (Wildman–Crippen MR) is 73.2 cm³/mol. The van der Waals surface area contributed by atoms with Crippen LogP contribution in [-0.2, 0) is 4.79 Å². The second-order valence-corrected chi connectivity index (χ2v) is 5.79. The van der Waals surface area contributed by atoms with Crippen LogP contribution in [0.2, 0.25) is 0 Å². The molecule has 1 amide bonds. The van der Waals surface area contributed by atoms with Gasteiger partial charge in [-0.2, -0.15) is 0 Å². The molecule has 2 aliphatic rings. The van der Waals surface area contributed by atoms with Crippen LogP contribution in [0.5, 0.6) is 0 Å². The lowest BCUT2D eigenvalue weighted by Crippen LogP contribution is -2.41. The zero-order chi connectivity index (χ0) is 13.0. The molecule has 0 spiro atoms. The van der Waals surface area contributed by atoms with Gasteiger partial charge in [0.05, 0.1) is 0 Å². The van der Waals surface area contributed by atoms with Crippen LogP contribution < -0.4 is 11.1 Å². The maximum Gasteiger partial charge on any atom is 0.220 e. The van der Waals surface area contributed by atoms with Crippen molar-refractivity contribution in [1.82, 2.24) is 10.2 Å². The van der Waals surface area contributed by atoms with Gasteiger partial charge in [0.25, 0.3) is 0 Å². The van der Waals surface area contributed by atoms with E-state index in [4.69, 9.17) is 5.73 Å². The molecule has 1 aliphatic heterocycles. The molecular formula is C14H27N3O.